The van der Waals surface area contributed by atoms with Crippen molar-refractivity contribution in [3.63, 3.8) is 0 Å². The molecule has 0 heterocycles. The zero-order valence-corrected chi connectivity index (χ0v) is 13.2. The Hall–Kier alpha value is -0.980. The van der Waals surface area contributed by atoms with E-state index < -0.39 is 24.8 Å². The first-order chi connectivity index (χ1) is 8.33. The van der Waals surface area contributed by atoms with Gasteiger partial charge in [0.2, 0.25) is 0 Å². The van der Waals surface area contributed by atoms with Crippen LogP contribution in [0.2, 0.25) is 0 Å². The Balaban J connectivity index is -0.000000256. The molecule has 0 aliphatic rings. The fraction of sp³-hybridized carbons (Fsp3) is 0.667. The summed E-state index contributed by atoms with van der Waals surface area (Å²) in [4.78, 5) is 40.4. The molecule has 7 heteroatoms. The van der Waals surface area contributed by atoms with Crippen molar-refractivity contribution in [2.24, 2.45) is 0 Å². The van der Waals surface area contributed by atoms with Crippen molar-refractivity contribution in [3.05, 3.63) is 0 Å². The van der Waals surface area contributed by atoms with E-state index in [1.54, 1.807) is 0 Å². The van der Waals surface area contributed by atoms with E-state index in [0.717, 1.165) is 0 Å². The van der Waals surface area contributed by atoms with Crippen LogP contribution in [-0.2, 0) is 41.6 Å². The van der Waals surface area contributed by atoms with E-state index in [9.17, 15) is 29.4 Å². The largest absolute Gasteiger partial charge is 0.550 e. The number of carbonyl (C=O) groups excluding carboxylic acids is 4. The molecule has 0 spiro atoms. The predicted octanol–water partition coefficient (Wildman–Crippen LogP) is -1.01. The van der Waals surface area contributed by atoms with Crippen LogP contribution in [0.3, 0.4) is 0 Å². The van der Waals surface area contributed by atoms with Crippen LogP contribution >= 0.6 is 0 Å². The van der Waals surface area contributed by atoms with Crippen LogP contribution < -0.4 is 10.2 Å². The first-order valence-corrected chi connectivity index (χ1v) is 5.76. The number of carboxylic acid groups (broad SMARTS) is 2. The Morgan fingerprint density at radius 3 is 1.16 bits per heavy atom. The van der Waals surface area contributed by atoms with E-state index in [-0.39, 0.29) is 33.9 Å². The molecule has 0 aromatic rings. The number of carbonyl (C=O) groups is 4. The predicted molar refractivity (Wildman–Crippen MR) is 59.1 cm³/mol. The molecule has 0 saturated heterocycles. The van der Waals surface area contributed by atoms with Gasteiger partial charge in [-0.15, -0.1) is 0 Å². The summed E-state index contributed by atoms with van der Waals surface area (Å²) >= 11 is 0. The molecule has 0 aliphatic heterocycles. The van der Waals surface area contributed by atoms with Crippen molar-refractivity contribution < 1.29 is 51.8 Å². The van der Waals surface area contributed by atoms with Crippen LogP contribution in [-0.4, -0.2) is 23.5 Å². The summed E-state index contributed by atoms with van der Waals surface area (Å²) in [6.07, 6.45) is 1.21. The van der Waals surface area contributed by atoms with Crippen LogP contribution in [0.4, 0.5) is 0 Å². The van der Waals surface area contributed by atoms with Crippen LogP contribution in [0, 0.1) is 0 Å². The van der Waals surface area contributed by atoms with Gasteiger partial charge >= 0.3 is 0 Å². The molecule has 0 saturated carbocycles. The Morgan fingerprint density at radius 1 is 0.737 bits per heavy atom. The smallest absolute Gasteiger partial charge is 0.138 e. The van der Waals surface area contributed by atoms with Crippen molar-refractivity contribution >= 4 is 23.5 Å². The number of Topliss-reactive ketones (excluding diaryl/α,β-unsaturated/α-hetero) is 2. The normalized spacial score (nSPS) is 8.53. The maximum atomic E-state index is 10.4. The molecular formula is C12H18AuO6-2. The summed E-state index contributed by atoms with van der Waals surface area (Å²) in [5.41, 5.74) is 0. The molecular weight excluding hydrogens is 437 g/mol. The van der Waals surface area contributed by atoms with Crippen molar-refractivity contribution in [1.29, 1.82) is 0 Å². The number of hydrogen-bond donors (Lipinski definition) is 0. The van der Waals surface area contributed by atoms with Gasteiger partial charge in [-0.2, -0.15) is 0 Å². The van der Waals surface area contributed by atoms with Gasteiger partial charge in [-0.3, -0.25) is 9.59 Å². The molecule has 0 unspecified atom stereocenters. The van der Waals surface area contributed by atoms with E-state index in [1.165, 1.54) is 0 Å². The van der Waals surface area contributed by atoms with E-state index in [4.69, 9.17) is 0 Å². The Kier molecular flexibility index (Phi) is 18.4. The summed E-state index contributed by atoms with van der Waals surface area (Å²) < 4.78 is 0. The molecule has 19 heavy (non-hydrogen) atoms. The van der Waals surface area contributed by atoms with Gasteiger partial charge in [-0.25, -0.2) is 0 Å². The fourth-order valence-corrected chi connectivity index (χ4v) is 1.06. The molecule has 0 atom stereocenters. The fourth-order valence-electron chi connectivity index (χ4n) is 1.06. The van der Waals surface area contributed by atoms with E-state index >= 15 is 0 Å². The molecule has 6 nitrogen and oxygen atoms in total. The molecule has 0 bridgehead atoms. The zero-order valence-electron chi connectivity index (χ0n) is 11.0. The van der Waals surface area contributed by atoms with Crippen molar-refractivity contribution in [1.82, 2.24) is 0 Å². The van der Waals surface area contributed by atoms with Gasteiger partial charge in [0, 0.05) is 60.0 Å². The van der Waals surface area contributed by atoms with Crippen LogP contribution in [0.15, 0.2) is 0 Å². The molecule has 0 amide bonds. The zero-order chi connectivity index (χ0) is 14.6. The third-order valence-corrected chi connectivity index (χ3v) is 1.74. The van der Waals surface area contributed by atoms with Gasteiger partial charge in [0.1, 0.15) is 11.6 Å². The number of rotatable bonds is 8. The molecule has 0 aromatic heterocycles. The van der Waals surface area contributed by atoms with Crippen LogP contribution in [0.1, 0.15) is 52.4 Å². The molecule has 1 radical (unpaired) electrons. The van der Waals surface area contributed by atoms with Gasteiger partial charge in [-0.05, 0) is 12.8 Å². The SMILES string of the molecule is CCCC(=O)CC(=O)[O-].CCCC(=O)CC(=O)[O-].[Au]. The van der Waals surface area contributed by atoms with Gasteiger partial charge in [0.05, 0.1) is 0 Å². The molecule has 0 rings (SSSR count). The quantitative estimate of drug-likeness (QED) is 0.342. The number of carboxylic acids is 2. The van der Waals surface area contributed by atoms with E-state index in [0.29, 0.717) is 25.7 Å². The molecule has 0 fully saturated rings. The minimum atomic E-state index is -1.28. The van der Waals surface area contributed by atoms with Gasteiger partial charge < -0.3 is 19.8 Å². The van der Waals surface area contributed by atoms with Crippen molar-refractivity contribution in [2.45, 2.75) is 52.4 Å². The third kappa shape index (κ3) is 22.7. The monoisotopic (exact) mass is 455 g/mol. The van der Waals surface area contributed by atoms with Crippen LogP contribution in [0.25, 0.3) is 0 Å². The number of hydrogen-bond acceptors (Lipinski definition) is 6. The molecule has 0 N–H and O–H groups in total. The Bertz CT molecular complexity index is 271. The van der Waals surface area contributed by atoms with E-state index in [2.05, 4.69) is 0 Å². The topological polar surface area (TPSA) is 114 Å². The van der Waals surface area contributed by atoms with Crippen LogP contribution in [0.5, 0.6) is 0 Å². The number of ketones is 2. The average molecular weight is 455 g/mol. The van der Waals surface area contributed by atoms with Gasteiger partial charge in [0.25, 0.3) is 0 Å². The Morgan fingerprint density at radius 2 is 1.00 bits per heavy atom. The first kappa shape index (κ1) is 23.1. The van der Waals surface area contributed by atoms with Crippen molar-refractivity contribution in [2.75, 3.05) is 0 Å². The summed E-state index contributed by atoms with van der Waals surface area (Å²) in [6.45, 7) is 3.65. The second-order valence-corrected chi connectivity index (χ2v) is 3.67. The van der Waals surface area contributed by atoms with Gasteiger partial charge in [-0.1, -0.05) is 13.8 Å². The molecule has 0 aromatic carbocycles. The summed E-state index contributed by atoms with van der Waals surface area (Å²) in [7, 11) is 0. The van der Waals surface area contributed by atoms with Crippen molar-refractivity contribution in [3.8, 4) is 0 Å². The standard InChI is InChI=1S/2C6H10O3.Au/c2*1-2-3-5(7)4-6(8)9;/h2*2-4H2,1H3,(H,8,9);/p-2. The minimum Gasteiger partial charge on any atom is -0.550 e. The third-order valence-electron chi connectivity index (χ3n) is 1.74. The molecule has 115 valence electrons. The van der Waals surface area contributed by atoms with Gasteiger partial charge in [0.15, 0.2) is 0 Å². The summed E-state index contributed by atoms with van der Waals surface area (Å²) in [5, 5.41) is 19.5. The maximum absolute atomic E-state index is 10.4. The van der Waals surface area contributed by atoms with E-state index in [1.807, 2.05) is 13.8 Å². The number of aliphatic carboxylic acids is 2. The maximum Gasteiger partial charge on any atom is 0.138 e. The summed E-state index contributed by atoms with van der Waals surface area (Å²) in [6, 6.07) is 0. The molecule has 0 aliphatic carbocycles. The second kappa shape index (κ2) is 15.1. The summed E-state index contributed by atoms with van der Waals surface area (Å²) in [5.74, 6) is -3.07. The Labute approximate surface area is 128 Å². The minimum absolute atomic E-state index is 0. The average Bonchev–Trinajstić information content (AvgIpc) is 2.16. The second-order valence-electron chi connectivity index (χ2n) is 3.67. The first-order valence-electron chi connectivity index (χ1n) is 5.76.